The lowest BCUT2D eigenvalue weighted by Crippen LogP contribution is -2.45. The summed E-state index contributed by atoms with van der Waals surface area (Å²) in [6.07, 6.45) is 0. The lowest BCUT2D eigenvalue weighted by molar-refractivity contribution is 0.248. The van der Waals surface area contributed by atoms with Gasteiger partial charge in [-0.1, -0.05) is 22.7 Å². The van der Waals surface area contributed by atoms with Crippen molar-refractivity contribution in [3.63, 3.8) is 0 Å². The first kappa shape index (κ1) is 19.2. The second kappa shape index (κ2) is 8.73. The Bertz CT molecular complexity index is 588. The van der Waals surface area contributed by atoms with Crippen molar-refractivity contribution in [1.29, 1.82) is 0 Å². The molecule has 0 radical (unpaired) electrons. The van der Waals surface area contributed by atoms with Crippen LogP contribution in [0.4, 0.5) is 10.0 Å². The molecule has 1 N–H and O–H groups in total. The highest BCUT2D eigenvalue weighted by Crippen LogP contribution is 2.40. The maximum atomic E-state index is 9.32. The quantitative estimate of drug-likeness (QED) is 0.483. The predicted octanol–water partition coefficient (Wildman–Crippen LogP) is 2.55. The molecule has 0 saturated heterocycles. The highest BCUT2D eigenvalue weighted by atomic mass is 32.3. The minimum absolute atomic E-state index is 0.212. The monoisotopic (exact) mass is 365 g/mol. The Hall–Kier alpha value is -0.810. The molecule has 0 aliphatic rings. The fraction of sp³-hybridized carbons (Fsp3) is 0.385. The van der Waals surface area contributed by atoms with E-state index >= 15 is 0 Å². The molecule has 22 heavy (non-hydrogen) atoms. The van der Waals surface area contributed by atoms with Gasteiger partial charge in [0, 0.05) is 12.1 Å². The zero-order valence-corrected chi connectivity index (χ0v) is 14.8. The Morgan fingerprint density at radius 3 is 1.91 bits per heavy atom. The summed E-state index contributed by atoms with van der Waals surface area (Å²) in [6, 6.07) is 8.47. The third kappa shape index (κ3) is 5.13. The molecule has 124 valence electrons. The van der Waals surface area contributed by atoms with E-state index in [1.165, 1.54) is 10.0 Å². The van der Waals surface area contributed by atoms with E-state index < -0.39 is 10.4 Å². The van der Waals surface area contributed by atoms with Crippen molar-refractivity contribution < 1.29 is 22.3 Å². The van der Waals surface area contributed by atoms with Crippen molar-refractivity contribution in [3.05, 3.63) is 35.0 Å². The number of hydrogen-bond acceptors (Lipinski definition) is 7. The van der Waals surface area contributed by atoms with Crippen LogP contribution in [0.25, 0.3) is 0 Å². The molecular weight excluding hydrogens is 346 g/mol. The van der Waals surface area contributed by atoms with Gasteiger partial charge in [-0.15, -0.1) is 0 Å². The molecule has 2 heterocycles. The van der Waals surface area contributed by atoms with Crippen molar-refractivity contribution in [3.8, 4) is 0 Å². The van der Waals surface area contributed by atoms with Gasteiger partial charge in [-0.3, -0.25) is 4.18 Å². The van der Waals surface area contributed by atoms with Crippen LogP contribution in [0, 0.1) is 0 Å². The Balaban J connectivity index is 0.000000346. The number of aliphatic hydroxyl groups is 1. The normalized spacial score (nSPS) is 11.8. The van der Waals surface area contributed by atoms with Gasteiger partial charge < -0.3 is 9.66 Å². The smallest absolute Gasteiger partial charge is 0.217 e. The van der Waals surface area contributed by atoms with E-state index in [2.05, 4.69) is 46.1 Å². The lowest BCUT2D eigenvalue weighted by atomic mass is 10.3. The Labute approximate surface area is 138 Å². The average Bonchev–Trinajstić information content (AvgIpc) is 3.18. The summed E-state index contributed by atoms with van der Waals surface area (Å²) in [4.78, 5) is 0. The molecule has 0 aliphatic heterocycles. The number of likely N-dealkylation sites (N-methyl/N-ethyl adjacent to an activating group) is 1. The van der Waals surface area contributed by atoms with Gasteiger partial charge in [0.2, 0.25) is 10.4 Å². The summed E-state index contributed by atoms with van der Waals surface area (Å²) < 4.78 is 31.8. The Morgan fingerprint density at radius 2 is 1.68 bits per heavy atom. The summed E-state index contributed by atoms with van der Waals surface area (Å²) in [6.45, 7) is 4.11. The summed E-state index contributed by atoms with van der Waals surface area (Å²) >= 11 is 3.52. The standard InChI is InChI=1S/C12H16NOS2.CH4O4S/c1-2-13(7-8-14,11-5-3-9-15-11)12-6-4-10-16-12;1-5-6(2,3)4/h3-6,9-10,14H,2,7-8H2,1H3;1H3,(H,2,3,4)/q+1;/p-1. The fourth-order valence-electron chi connectivity index (χ4n) is 2.00. The first-order chi connectivity index (χ1) is 10.4. The molecule has 0 amide bonds. The van der Waals surface area contributed by atoms with Crippen molar-refractivity contribution >= 4 is 43.1 Å². The molecule has 2 rings (SSSR count). The third-order valence-electron chi connectivity index (χ3n) is 3.08. The molecule has 0 bridgehead atoms. The third-order valence-corrected chi connectivity index (χ3v) is 5.53. The number of quaternary nitrogens is 1. The van der Waals surface area contributed by atoms with E-state index in [9.17, 15) is 18.1 Å². The van der Waals surface area contributed by atoms with Crippen LogP contribution in [0.5, 0.6) is 0 Å². The zero-order chi connectivity index (χ0) is 16.6. The van der Waals surface area contributed by atoms with Crippen LogP contribution < -0.4 is 4.48 Å². The zero-order valence-electron chi connectivity index (χ0n) is 12.3. The van der Waals surface area contributed by atoms with Gasteiger partial charge in [0.15, 0.2) is 10.0 Å². The largest absolute Gasteiger partial charge is 0.726 e. The highest BCUT2D eigenvalue weighted by molar-refractivity contribution is 7.80. The number of nitrogens with zero attached hydrogens (tertiary/aromatic N) is 1. The summed E-state index contributed by atoms with van der Waals surface area (Å²) in [5, 5.41) is 16.1. The molecule has 9 heteroatoms. The molecule has 0 fully saturated rings. The number of hydrogen-bond donors (Lipinski definition) is 1. The van der Waals surface area contributed by atoms with Crippen LogP contribution in [-0.4, -0.2) is 44.9 Å². The lowest BCUT2D eigenvalue weighted by Gasteiger charge is -2.33. The Kier molecular flexibility index (Phi) is 7.63. The molecule has 0 aliphatic carbocycles. The average molecular weight is 365 g/mol. The number of aliphatic hydroxyl groups excluding tert-OH is 1. The maximum Gasteiger partial charge on any atom is 0.217 e. The van der Waals surface area contributed by atoms with Gasteiger partial charge in [-0.2, -0.15) is 0 Å². The topological polar surface area (TPSA) is 86.7 Å². The van der Waals surface area contributed by atoms with Gasteiger partial charge in [0.25, 0.3) is 0 Å². The molecule has 2 aromatic heterocycles. The van der Waals surface area contributed by atoms with Crippen LogP contribution in [0.15, 0.2) is 35.0 Å². The van der Waals surface area contributed by atoms with Crippen LogP contribution in [-0.2, 0) is 14.6 Å². The summed E-state index contributed by atoms with van der Waals surface area (Å²) in [7, 11) is -3.60. The van der Waals surface area contributed by atoms with Crippen molar-refractivity contribution in [1.82, 2.24) is 4.48 Å². The second-order valence-electron chi connectivity index (χ2n) is 4.21. The number of rotatable bonds is 6. The van der Waals surface area contributed by atoms with Gasteiger partial charge >= 0.3 is 0 Å². The predicted molar refractivity (Wildman–Crippen MR) is 89.3 cm³/mol. The fourth-order valence-corrected chi connectivity index (χ4v) is 4.00. The van der Waals surface area contributed by atoms with Crippen LogP contribution >= 0.6 is 22.7 Å². The molecule has 0 aromatic carbocycles. The molecular formula is C13H19NO5S3. The molecule has 6 nitrogen and oxygen atoms in total. The highest BCUT2D eigenvalue weighted by Gasteiger charge is 2.32. The maximum absolute atomic E-state index is 9.32. The van der Waals surface area contributed by atoms with Crippen molar-refractivity contribution in [2.45, 2.75) is 6.92 Å². The van der Waals surface area contributed by atoms with E-state index in [1.54, 1.807) is 22.7 Å². The van der Waals surface area contributed by atoms with E-state index in [0.29, 0.717) is 0 Å². The van der Waals surface area contributed by atoms with Crippen LogP contribution in [0.3, 0.4) is 0 Å². The van der Waals surface area contributed by atoms with Gasteiger partial charge in [0.05, 0.1) is 20.3 Å². The molecule has 0 spiro atoms. The molecule has 0 unspecified atom stereocenters. The number of thiophene rings is 2. The van der Waals surface area contributed by atoms with Crippen LogP contribution in [0.2, 0.25) is 0 Å². The first-order valence-electron chi connectivity index (χ1n) is 6.47. The summed E-state index contributed by atoms with van der Waals surface area (Å²) in [5.41, 5.74) is 0. The summed E-state index contributed by atoms with van der Waals surface area (Å²) in [5.74, 6) is 0. The van der Waals surface area contributed by atoms with E-state index in [-0.39, 0.29) is 6.61 Å². The SMILES string of the molecule is CC[N+](CCO)(c1cccs1)c1cccs1.COS(=O)(=O)[O-]. The van der Waals surface area contributed by atoms with Crippen molar-refractivity contribution in [2.24, 2.45) is 0 Å². The van der Waals surface area contributed by atoms with Gasteiger partial charge in [-0.25, -0.2) is 12.9 Å². The molecule has 0 atom stereocenters. The minimum Gasteiger partial charge on any atom is -0.726 e. The van der Waals surface area contributed by atoms with E-state index in [0.717, 1.165) is 24.7 Å². The second-order valence-corrected chi connectivity index (χ2v) is 7.21. The van der Waals surface area contributed by atoms with Crippen molar-refractivity contribution in [2.75, 3.05) is 26.8 Å². The minimum atomic E-state index is -4.41. The van der Waals surface area contributed by atoms with Crippen LogP contribution in [0.1, 0.15) is 6.92 Å². The van der Waals surface area contributed by atoms with E-state index in [1.807, 2.05) is 0 Å². The van der Waals surface area contributed by atoms with Gasteiger partial charge in [-0.05, 0) is 29.8 Å². The molecule has 0 saturated carbocycles. The Morgan fingerprint density at radius 1 is 1.23 bits per heavy atom. The van der Waals surface area contributed by atoms with Gasteiger partial charge in [0.1, 0.15) is 6.54 Å². The molecule has 2 aromatic rings. The van der Waals surface area contributed by atoms with E-state index in [4.69, 9.17) is 0 Å². The first-order valence-corrected chi connectivity index (χ1v) is 9.56.